The van der Waals surface area contributed by atoms with E-state index in [-0.39, 0.29) is 18.2 Å². The number of piperazine rings is 1. The van der Waals surface area contributed by atoms with Crippen LogP contribution >= 0.6 is 15.9 Å². The van der Waals surface area contributed by atoms with E-state index in [4.69, 9.17) is 5.11 Å². The summed E-state index contributed by atoms with van der Waals surface area (Å²) < 4.78 is 2.35. The Hall–Kier alpha value is -2.53. The molecule has 1 atom stereocenters. The van der Waals surface area contributed by atoms with Crippen molar-refractivity contribution in [1.29, 1.82) is 0 Å². The first kappa shape index (κ1) is 24.6. The lowest BCUT2D eigenvalue weighted by Crippen LogP contribution is -2.50. The van der Waals surface area contributed by atoms with E-state index in [0.717, 1.165) is 44.8 Å². The van der Waals surface area contributed by atoms with E-state index in [1.807, 2.05) is 19.9 Å². The summed E-state index contributed by atoms with van der Waals surface area (Å²) in [5, 5.41) is 15.5. The second kappa shape index (κ2) is 11.3. The van der Waals surface area contributed by atoms with Gasteiger partial charge in [-0.25, -0.2) is 4.98 Å². The molecule has 0 spiro atoms. The van der Waals surface area contributed by atoms with Gasteiger partial charge in [0.2, 0.25) is 5.95 Å². The highest BCUT2D eigenvalue weighted by Crippen LogP contribution is 2.24. The number of anilines is 3. The van der Waals surface area contributed by atoms with E-state index in [9.17, 15) is 4.79 Å². The maximum atomic E-state index is 12.7. The molecule has 2 aromatic rings. The van der Waals surface area contributed by atoms with Gasteiger partial charge in [-0.15, -0.1) is 0 Å². The summed E-state index contributed by atoms with van der Waals surface area (Å²) >= 11 is 3.48. The Balaban J connectivity index is 1.38. The number of allylic oxidation sites excluding steroid dienone is 1. The minimum atomic E-state index is -0.0984. The third-order valence-corrected chi connectivity index (χ3v) is 6.73. The normalized spacial score (nSPS) is 19.3. The van der Waals surface area contributed by atoms with Crippen molar-refractivity contribution in [2.75, 3.05) is 50.0 Å². The van der Waals surface area contributed by atoms with Crippen LogP contribution in [0.25, 0.3) is 0 Å². The number of pyridine rings is 1. The minimum Gasteiger partial charge on any atom is -0.395 e. The molecule has 3 N–H and O–H groups in total. The van der Waals surface area contributed by atoms with E-state index in [1.165, 1.54) is 0 Å². The van der Waals surface area contributed by atoms with Gasteiger partial charge in [-0.2, -0.15) is 4.98 Å². The van der Waals surface area contributed by atoms with E-state index in [0.29, 0.717) is 28.0 Å². The fourth-order valence-electron chi connectivity index (χ4n) is 4.22. The average Bonchev–Trinajstić information content (AvgIpc) is 2.83. The van der Waals surface area contributed by atoms with Crippen LogP contribution in [0.3, 0.4) is 0 Å². The van der Waals surface area contributed by atoms with Crippen molar-refractivity contribution >= 4 is 33.4 Å². The number of aromatic nitrogens is 3. The molecule has 1 saturated heterocycles. The quantitative estimate of drug-likeness (QED) is 0.480. The number of β-amino-alcohol motifs (C(OH)–C–C–N with tert-alkyl or cyclic N) is 1. The maximum absolute atomic E-state index is 12.7. The average molecular weight is 530 g/mol. The highest BCUT2D eigenvalue weighted by atomic mass is 79.9. The fraction of sp³-hybridized carbons (Fsp3) is 0.458. The van der Waals surface area contributed by atoms with Crippen molar-refractivity contribution in [3.8, 4) is 0 Å². The summed E-state index contributed by atoms with van der Waals surface area (Å²) in [4.78, 5) is 26.5. The number of nitrogens with one attached hydrogen (secondary N) is 2. The van der Waals surface area contributed by atoms with Gasteiger partial charge >= 0.3 is 0 Å². The smallest absolute Gasteiger partial charge is 0.274 e. The number of aliphatic hydroxyl groups is 1. The lowest BCUT2D eigenvalue weighted by molar-refractivity contribution is 0.0967. The van der Waals surface area contributed by atoms with Crippen molar-refractivity contribution in [2.24, 2.45) is 0 Å². The second-order valence-electron chi connectivity index (χ2n) is 8.79. The molecule has 1 unspecified atom stereocenters. The molecule has 0 amide bonds. The van der Waals surface area contributed by atoms with Crippen molar-refractivity contribution in [3.63, 3.8) is 0 Å². The van der Waals surface area contributed by atoms with E-state index >= 15 is 0 Å². The predicted molar refractivity (Wildman–Crippen MR) is 138 cm³/mol. The van der Waals surface area contributed by atoms with Gasteiger partial charge in [0, 0.05) is 62.9 Å². The minimum absolute atomic E-state index is 0.0681. The molecular formula is C24H32BrN7O2. The number of hydrogen-bond acceptors (Lipinski definition) is 8. The van der Waals surface area contributed by atoms with E-state index < -0.39 is 0 Å². The molecule has 0 bridgehead atoms. The first-order valence-corrected chi connectivity index (χ1v) is 12.5. The molecule has 1 fully saturated rings. The van der Waals surface area contributed by atoms with Gasteiger partial charge in [-0.3, -0.25) is 14.6 Å². The Labute approximate surface area is 208 Å². The summed E-state index contributed by atoms with van der Waals surface area (Å²) in [5.41, 5.74) is 1.31. The Morgan fingerprint density at radius 1 is 1.24 bits per heavy atom. The lowest BCUT2D eigenvalue weighted by Gasteiger charge is -2.38. The molecule has 4 rings (SSSR count). The summed E-state index contributed by atoms with van der Waals surface area (Å²) in [6.45, 7) is 8.92. The first-order valence-electron chi connectivity index (χ1n) is 11.7. The van der Waals surface area contributed by atoms with Crippen LogP contribution < -0.4 is 16.2 Å². The molecule has 1 aliphatic heterocycles. The van der Waals surface area contributed by atoms with E-state index in [1.54, 1.807) is 23.0 Å². The highest BCUT2D eigenvalue weighted by molar-refractivity contribution is 9.10. The third-order valence-electron chi connectivity index (χ3n) is 6.15. The lowest BCUT2D eigenvalue weighted by atomic mass is 10.0. The highest BCUT2D eigenvalue weighted by Gasteiger charge is 2.23. The third kappa shape index (κ3) is 5.93. The van der Waals surface area contributed by atoms with Gasteiger partial charge in [-0.05, 0) is 54.4 Å². The summed E-state index contributed by atoms with van der Waals surface area (Å²) in [7, 11) is 0. The molecule has 10 heteroatoms. The van der Waals surface area contributed by atoms with Gasteiger partial charge in [0.25, 0.3) is 5.56 Å². The molecule has 2 aromatic heterocycles. The van der Waals surface area contributed by atoms with Crippen LogP contribution in [0.15, 0.2) is 57.7 Å². The number of aliphatic hydroxyl groups excluding tert-OH is 1. The molecule has 3 heterocycles. The topological polar surface area (TPSA) is 98.6 Å². The second-order valence-corrected chi connectivity index (χ2v) is 9.65. The summed E-state index contributed by atoms with van der Waals surface area (Å²) in [6.07, 6.45) is 10.8. The van der Waals surface area contributed by atoms with Crippen LogP contribution in [0, 0.1) is 0 Å². The van der Waals surface area contributed by atoms with Crippen LogP contribution in [-0.2, 0) is 0 Å². The van der Waals surface area contributed by atoms with Crippen molar-refractivity contribution in [2.45, 2.75) is 32.4 Å². The predicted octanol–water partition coefficient (Wildman–Crippen LogP) is 2.96. The van der Waals surface area contributed by atoms with Gasteiger partial charge in [0.15, 0.2) is 5.82 Å². The molecule has 0 radical (unpaired) electrons. The van der Waals surface area contributed by atoms with Crippen LogP contribution in [0.5, 0.6) is 0 Å². The largest absolute Gasteiger partial charge is 0.395 e. The maximum Gasteiger partial charge on any atom is 0.274 e. The fourth-order valence-corrected chi connectivity index (χ4v) is 4.51. The van der Waals surface area contributed by atoms with Crippen LogP contribution in [0.4, 0.5) is 17.5 Å². The zero-order valence-corrected chi connectivity index (χ0v) is 21.2. The Morgan fingerprint density at radius 2 is 2.03 bits per heavy atom. The molecule has 0 aromatic carbocycles. The van der Waals surface area contributed by atoms with Crippen LogP contribution in [-0.4, -0.2) is 74.8 Å². The Kier molecular flexibility index (Phi) is 8.15. The Morgan fingerprint density at radius 3 is 2.71 bits per heavy atom. The first-order chi connectivity index (χ1) is 16.4. The van der Waals surface area contributed by atoms with Gasteiger partial charge in [0.1, 0.15) is 5.69 Å². The number of hydrogen-bond donors (Lipinski definition) is 3. The monoisotopic (exact) mass is 529 g/mol. The zero-order valence-electron chi connectivity index (χ0n) is 19.6. The van der Waals surface area contributed by atoms with Crippen molar-refractivity contribution < 1.29 is 5.11 Å². The van der Waals surface area contributed by atoms with Crippen molar-refractivity contribution in [1.82, 2.24) is 24.3 Å². The molecule has 1 aliphatic carbocycles. The molecule has 34 heavy (non-hydrogen) atoms. The molecule has 0 saturated carbocycles. The Bertz CT molecular complexity index is 1110. The number of rotatable bonds is 8. The van der Waals surface area contributed by atoms with Gasteiger partial charge < -0.3 is 20.3 Å². The SMILES string of the molecule is CC(C)n1cccc(Nc2nc(NC3=CCC(N4CCN(CCO)CC4)C=C3)ncc2Br)c1=O. The van der Waals surface area contributed by atoms with Gasteiger partial charge in [-0.1, -0.05) is 12.2 Å². The molecular weight excluding hydrogens is 498 g/mol. The summed E-state index contributed by atoms with van der Waals surface area (Å²) in [5.74, 6) is 0.980. The van der Waals surface area contributed by atoms with Gasteiger partial charge in [0.05, 0.1) is 11.1 Å². The van der Waals surface area contributed by atoms with E-state index in [2.05, 4.69) is 64.6 Å². The molecule has 182 valence electrons. The van der Waals surface area contributed by atoms with Crippen LogP contribution in [0.1, 0.15) is 26.3 Å². The molecule has 9 nitrogen and oxygen atoms in total. The molecule has 2 aliphatic rings. The van der Waals surface area contributed by atoms with Crippen LogP contribution in [0.2, 0.25) is 0 Å². The summed E-state index contributed by atoms with van der Waals surface area (Å²) in [6, 6.07) is 4.04. The number of nitrogens with zero attached hydrogens (tertiary/aromatic N) is 5. The number of halogens is 1. The van der Waals surface area contributed by atoms with Crippen molar-refractivity contribution in [3.05, 3.63) is 63.3 Å². The zero-order chi connectivity index (χ0) is 24.1. The standard InChI is InChI=1S/C24H32BrN7O2/c1-17(2)32-9-3-4-21(23(32)34)28-22-20(25)16-26-24(29-22)27-18-5-7-19(8-6-18)31-12-10-30(11-13-31)14-15-33/h3-7,9,16-17,19,33H,8,10-15H2,1-2H3,(H2,26,27,28,29).